The fourth-order valence-electron chi connectivity index (χ4n) is 0.646. The molecule has 1 heterocycles. The van der Waals surface area contributed by atoms with Crippen molar-refractivity contribution in [1.82, 2.24) is 4.57 Å². The Labute approximate surface area is 75.4 Å². The molecule has 0 amide bonds. The quantitative estimate of drug-likeness (QED) is 0.760. The Bertz CT molecular complexity index is 316. The van der Waals surface area contributed by atoms with Crippen molar-refractivity contribution >= 4 is 11.3 Å². The third-order valence-corrected chi connectivity index (χ3v) is 1.83. The maximum atomic E-state index is 11.6. The van der Waals surface area contributed by atoms with Gasteiger partial charge in [0, 0.05) is 11.6 Å². The molecule has 0 unspecified atom stereocenters. The Morgan fingerprint density at radius 3 is 2.69 bits per heavy atom. The summed E-state index contributed by atoms with van der Waals surface area (Å²) in [5.74, 6) is 0. The minimum Gasteiger partial charge on any atom is -0.351 e. The monoisotopic (exact) mass is 213 g/mol. The highest BCUT2D eigenvalue weighted by Crippen LogP contribution is 2.14. The molecule has 3 nitrogen and oxygen atoms in total. The Kier molecular flexibility index (Phi) is 3.10. The minimum absolute atomic E-state index is 0.331. The summed E-state index contributed by atoms with van der Waals surface area (Å²) in [5, 5.41) is 1.49. The second-order valence-electron chi connectivity index (χ2n) is 2.23. The molecule has 1 rings (SSSR count). The number of ether oxygens (including phenoxy) is 1. The molecule has 0 radical (unpaired) electrons. The van der Waals surface area contributed by atoms with E-state index in [1.165, 1.54) is 11.6 Å². The lowest BCUT2D eigenvalue weighted by atomic mass is 10.7. The average Bonchev–Trinajstić information content (AvgIpc) is 2.34. The van der Waals surface area contributed by atoms with Crippen LogP contribution in [0.3, 0.4) is 0 Å². The van der Waals surface area contributed by atoms with Gasteiger partial charge < -0.3 is 4.74 Å². The van der Waals surface area contributed by atoms with Gasteiger partial charge in [0.05, 0.1) is 0 Å². The summed E-state index contributed by atoms with van der Waals surface area (Å²) in [4.78, 5) is 10.5. The number of halogens is 3. The molecule has 0 aromatic carbocycles. The molecule has 7 heteroatoms. The summed E-state index contributed by atoms with van der Waals surface area (Å²) in [6.45, 7) is -1.70. The Balaban J connectivity index is 2.37. The molecule has 0 saturated carbocycles. The van der Waals surface area contributed by atoms with Gasteiger partial charge in [-0.1, -0.05) is 11.3 Å². The van der Waals surface area contributed by atoms with Gasteiger partial charge in [0.25, 0.3) is 0 Å². The van der Waals surface area contributed by atoms with E-state index in [-0.39, 0.29) is 11.6 Å². The first kappa shape index (κ1) is 10.3. The molecule has 0 aliphatic carbocycles. The number of aromatic nitrogens is 1. The van der Waals surface area contributed by atoms with E-state index in [1.54, 1.807) is 0 Å². The molecule has 0 atom stereocenters. The minimum atomic E-state index is -4.35. The highest BCUT2D eigenvalue weighted by atomic mass is 32.1. The smallest absolute Gasteiger partial charge is 0.351 e. The zero-order valence-corrected chi connectivity index (χ0v) is 7.19. The van der Waals surface area contributed by atoms with Crippen molar-refractivity contribution in [3.63, 3.8) is 0 Å². The molecule has 74 valence electrons. The van der Waals surface area contributed by atoms with Gasteiger partial charge in [-0.2, -0.15) is 13.2 Å². The summed E-state index contributed by atoms with van der Waals surface area (Å²) < 4.78 is 40.1. The van der Waals surface area contributed by atoms with E-state index >= 15 is 0 Å². The van der Waals surface area contributed by atoms with Crippen LogP contribution in [0.25, 0.3) is 0 Å². The van der Waals surface area contributed by atoms with Crippen LogP contribution < -0.4 is 4.87 Å². The van der Waals surface area contributed by atoms with Gasteiger partial charge in [-0.3, -0.25) is 9.36 Å². The van der Waals surface area contributed by atoms with Crippen molar-refractivity contribution in [2.45, 2.75) is 12.9 Å². The van der Waals surface area contributed by atoms with Crippen molar-refractivity contribution in [2.75, 3.05) is 6.61 Å². The predicted molar refractivity (Wildman–Crippen MR) is 40.6 cm³/mol. The third-order valence-electron chi connectivity index (χ3n) is 1.14. The normalized spacial score (nSPS) is 11.9. The van der Waals surface area contributed by atoms with Gasteiger partial charge in [-0.25, -0.2) is 0 Å². The molecule has 0 fully saturated rings. The summed E-state index contributed by atoms with van der Waals surface area (Å²) >= 11 is 0.908. The molecule has 0 aliphatic heterocycles. The highest BCUT2D eigenvalue weighted by molar-refractivity contribution is 7.07. The lowest BCUT2D eigenvalue weighted by molar-refractivity contribution is -0.182. The van der Waals surface area contributed by atoms with E-state index in [2.05, 4.69) is 4.74 Å². The van der Waals surface area contributed by atoms with Gasteiger partial charge in [-0.15, -0.1) is 0 Å². The van der Waals surface area contributed by atoms with Gasteiger partial charge in [0.2, 0.25) is 0 Å². The molecule has 0 spiro atoms. The SMILES string of the molecule is O=c1sccn1COCC(F)(F)F. The maximum absolute atomic E-state index is 11.6. The van der Waals surface area contributed by atoms with Crippen LogP contribution >= 0.6 is 11.3 Å². The van der Waals surface area contributed by atoms with Crippen molar-refractivity contribution < 1.29 is 17.9 Å². The number of rotatable bonds is 3. The van der Waals surface area contributed by atoms with Gasteiger partial charge in [0.15, 0.2) is 0 Å². The van der Waals surface area contributed by atoms with Gasteiger partial charge in [0.1, 0.15) is 13.3 Å². The Hall–Kier alpha value is -0.820. The zero-order chi connectivity index (χ0) is 9.90. The van der Waals surface area contributed by atoms with E-state index in [1.807, 2.05) is 0 Å². The van der Waals surface area contributed by atoms with Crippen LogP contribution in [-0.2, 0) is 11.5 Å². The Morgan fingerprint density at radius 1 is 1.54 bits per heavy atom. The largest absolute Gasteiger partial charge is 0.411 e. The molecule has 0 bridgehead atoms. The maximum Gasteiger partial charge on any atom is 0.411 e. The number of alkyl halides is 3. The first-order valence-electron chi connectivity index (χ1n) is 3.27. The number of thiazole rings is 1. The fourth-order valence-corrected chi connectivity index (χ4v) is 1.22. The molecule has 0 saturated heterocycles. The van der Waals surface area contributed by atoms with Crippen LogP contribution in [0.4, 0.5) is 13.2 Å². The predicted octanol–water partition coefficient (Wildman–Crippen LogP) is 1.45. The zero-order valence-electron chi connectivity index (χ0n) is 6.37. The Morgan fingerprint density at radius 2 is 2.23 bits per heavy atom. The van der Waals surface area contributed by atoms with Crippen molar-refractivity contribution in [2.24, 2.45) is 0 Å². The third kappa shape index (κ3) is 3.60. The highest BCUT2D eigenvalue weighted by Gasteiger charge is 2.27. The van der Waals surface area contributed by atoms with E-state index < -0.39 is 12.8 Å². The number of hydrogen-bond donors (Lipinski definition) is 0. The fraction of sp³-hybridized carbons (Fsp3) is 0.500. The van der Waals surface area contributed by atoms with Crippen molar-refractivity contribution in [3.8, 4) is 0 Å². The van der Waals surface area contributed by atoms with Crippen LogP contribution in [0.5, 0.6) is 0 Å². The van der Waals surface area contributed by atoms with E-state index in [9.17, 15) is 18.0 Å². The first-order valence-corrected chi connectivity index (χ1v) is 4.15. The van der Waals surface area contributed by atoms with E-state index in [4.69, 9.17) is 0 Å². The second-order valence-corrected chi connectivity index (χ2v) is 3.09. The molecule has 0 aliphatic rings. The number of nitrogens with zero attached hydrogens (tertiary/aromatic N) is 1. The van der Waals surface area contributed by atoms with Gasteiger partial charge >= 0.3 is 11.0 Å². The molecule has 1 aromatic rings. The van der Waals surface area contributed by atoms with E-state index in [0.29, 0.717) is 0 Å². The topological polar surface area (TPSA) is 31.2 Å². The van der Waals surface area contributed by atoms with Crippen molar-refractivity contribution in [1.29, 1.82) is 0 Å². The van der Waals surface area contributed by atoms with Crippen LogP contribution in [0.15, 0.2) is 16.4 Å². The van der Waals surface area contributed by atoms with Gasteiger partial charge in [-0.05, 0) is 0 Å². The molecular formula is C6H6F3NO2S. The second kappa shape index (κ2) is 3.93. The van der Waals surface area contributed by atoms with Crippen LogP contribution in [0.2, 0.25) is 0 Å². The average molecular weight is 213 g/mol. The number of hydrogen-bond acceptors (Lipinski definition) is 3. The van der Waals surface area contributed by atoms with Crippen LogP contribution in [0, 0.1) is 0 Å². The standard InChI is InChI=1S/C6H6F3NO2S/c7-6(8,9)3-12-4-10-1-2-13-5(10)11/h1-2H,3-4H2. The lowest BCUT2D eigenvalue weighted by Crippen LogP contribution is -2.21. The van der Waals surface area contributed by atoms with Crippen LogP contribution in [-0.4, -0.2) is 17.4 Å². The van der Waals surface area contributed by atoms with Crippen molar-refractivity contribution in [3.05, 3.63) is 21.2 Å². The van der Waals surface area contributed by atoms with Crippen LogP contribution in [0.1, 0.15) is 0 Å². The molecule has 0 N–H and O–H groups in total. The first-order chi connectivity index (χ1) is 5.99. The molecular weight excluding hydrogens is 207 g/mol. The summed E-state index contributed by atoms with van der Waals surface area (Å²) in [6.07, 6.45) is -2.97. The summed E-state index contributed by atoms with van der Waals surface area (Å²) in [6, 6.07) is 0. The molecule has 1 aromatic heterocycles. The van der Waals surface area contributed by atoms with E-state index in [0.717, 1.165) is 15.9 Å². The molecule has 13 heavy (non-hydrogen) atoms. The summed E-state index contributed by atoms with van der Waals surface area (Å²) in [5.41, 5.74) is 0. The lowest BCUT2D eigenvalue weighted by Gasteiger charge is -2.06. The summed E-state index contributed by atoms with van der Waals surface area (Å²) in [7, 11) is 0.